The van der Waals surface area contributed by atoms with Gasteiger partial charge in [-0.25, -0.2) is 0 Å². The van der Waals surface area contributed by atoms with Crippen molar-refractivity contribution in [3.05, 3.63) is 58.7 Å². The lowest BCUT2D eigenvalue weighted by Crippen LogP contribution is -2.08. The molecule has 2 aromatic carbocycles. The number of hydrogen-bond donors (Lipinski definition) is 2. The van der Waals surface area contributed by atoms with E-state index in [-0.39, 0.29) is 22.3 Å². The van der Waals surface area contributed by atoms with Crippen LogP contribution in [0.15, 0.2) is 46.2 Å². The zero-order chi connectivity index (χ0) is 18.3. The van der Waals surface area contributed by atoms with Crippen molar-refractivity contribution in [1.29, 1.82) is 0 Å². The van der Waals surface area contributed by atoms with E-state index in [1.807, 2.05) is 0 Å². The third kappa shape index (κ3) is 3.70. The predicted molar refractivity (Wildman–Crippen MR) is 85.4 cm³/mol. The van der Waals surface area contributed by atoms with E-state index in [4.69, 9.17) is 0 Å². The minimum absolute atomic E-state index is 0.0432. The molecule has 0 heterocycles. The molecule has 0 spiro atoms. The van der Waals surface area contributed by atoms with Crippen molar-refractivity contribution in [2.45, 2.75) is 23.6 Å². The Labute approximate surface area is 139 Å². The van der Waals surface area contributed by atoms with Gasteiger partial charge in [-0.15, -0.1) is 0 Å². The minimum atomic E-state index is -4.50. The van der Waals surface area contributed by atoms with Gasteiger partial charge in [0.05, 0.1) is 9.79 Å². The van der Waals surface area contributed by atoms with Gasteiger partial charge in [0.2, 0.25) is 0 Å². The normalized spacial score (nSPS) is 12.2. The number of hydrogen-bond acceptors (Lipinski definition) is 5. The van der Waals surface area contributed by atoms with Crippen LogP contribution in [0.25, 0.3) is 0 Å². The molecule has 0 amide bonds. The molecule has 0 aromatic heterocycles. The second-order valence-corrected chi connectivity index (χ2v) is 8.02. The van der Waals surface area contributed by atoms with Crippen LogP contribution in [0, 0.1) is 13.8 Å². The largest absolute Gasteiger partial charge is 0.294 e. The van der Waals surface area contributed by atoms with Crippen LogP contribution in [-0.2, 0) is 20.2 Å². The maximum atomic E-state index is 12.5. The quantitative estimate of drug-likeness (QED) is 0.623. The summed E-state index contributed by atoms with van der Waals surface area (Å²) >= 11 is 0. The van der Waals surface area contributed by atoms with E-state index in [2.05, 4.69) is 0 Å². The Morgan fingerprint density at radius 1 is 0.750 bits per heavy atom. The molecule has 0 unspecified atom stereocenters. The fraction of sp³-hybridized carbons (Fsp3) is 0.133. The Hall–Kier alpha value is -2.07. The molecule has 2 aromatic rings. The Balaban J connectivity index is 2.59. The van der Waals surface area contributed by atoms with Gasteiger partial charge in [-0.05, 0) is 37.1 Å². The molecular formula is C15H14O7S2. The smallest absolute Gasteiger partial charge is 0.289 e. The molecule has 0 saturated heterocycles. The van der Waals surface area contributed by atoms with Gasteiger partial charge in [0.1, 0.15) is 0 Å². The Morgan fingerprint density at radius 2 is 1.08 bits per heavy atom. The van der Waals surface area contributed by atoms with Crippen molar-refractivity contribution in [3.63, 3.8) is 0 Å². The number of carbonyl (C=O) groups excluding carboxylic acids is 1. The second kappa shape index (κ2) is 6.10. The summed E-state index contributed by atoms with van der Waals surface area (Å²) in [5.41, 5.74) is 0.435. The van der Waals surface area contributed by atoms with Crippen molar-refractivity contribution >= 4 is 26.0 Å². The summed E-state index contributed by atoms with van der Waals surface area (Å²) < 4.78 is 63.7. The SMILES string of the molecule is Cc1ccc(C(=O)c2ccc(C)c(S(=O)(=O)O)c2)cc1S(=O)(=O)O. The molecule has 0 saturated carbocycles. The van der Waals surface area contributed by atoms with E-state index >= 15 is 0 Å². The first-order valence-electron chi connectivity index (χ1n) is 6.62. The first kappa shape index (κ1) is 18.3. The summed E-state index contributed by atoms with van der Waals surface area (Å²) in [6, 6.07) is 7.46. The van der Waals surface area contributed by atoms with Crippen LogP contribution in [0.1, 0.15) is 27.0 Å². The van der Waals surface area contributed by atoms with E-state index in [0.717, 1.165) is 12.1 Å². The monoisotopic (exact) mass is 370 g/mol. The topological polar surface area (TPSA) is 126 Å². The van der Waals surface area contributed by atoms with Gasteiger partial charge in [-0.2, -0.15) is 16.8 Å². The summed E-state index contributed by atoms with van der Waals surface area (Å²) in [5, 5.41) is 0. The van der Waals surface area contributed by atoms with Gasteiger partial charge in [0.15, 0.2) is 5.78 Å². The molecule has 128 valence electrons. The van der Waals surface area contributed by atoms with Crippen LogP contribution in [0.3, 0.4) is 0 Å². The third-order valence-corrected chi connectivity index (χ3v) is 5.45. The van der Waals surface area contributed by atoms with E-state index in [0.29, 0.717) is 0 Å². The van der Waals surface area contributed by atoms with Crippen LogP contribution >= 0.6 is 0 Å². The van der Waals surface area contributed by atoms with Gasteiger partial charge in [0.25, 0.3) is 20.2 Å². The predicted octanol–water partition coefficient (Wildman–Crippen LogP) is 2.03. The van der Waals surface area contributed by atoms with E-state index in [1.54, 1.807) is 0 Å². The molecule has 7 nitrogen and oxygen atoms in total. The highest BCUT2D eigenvalue weighted by molar-refractivity contribution is 7.86. The van der Waals surface area contributed by atoms with E-state index < -0.39 is 35.8 Å². The lowest BCUT2D eigenvalue weighted by molar-refractivity contribution is 0.103. The minimum Gasteiger partial charge on any atom is -0.289 e. The Morgan fingerprint density at radius 3 is 1.38 bits per heavy atom. The lowest BCUT2D eigenvalue weighted by atomic mass is 10.0. The molecule has 9 heteroatoms. The summed E-state index contributed by atoms with van der Waals surface area (Å²) in [7, 11) is -9.00. The Bertz CT molecular complexity index is 952. The van der Waals surface area contributed by atoms with Gasteiger partial charge in [-0.3, -0.25) is 13.9 Å². The van der Waals surface area contributed by atoms with Gasteiger partial charge in [0, 0.05) is 11.1 Å². The first-order chi connectivity index (χ1) is 10.9. The van der Waals surface area contributed by atoms with Crippen molar-refractivity contribution in [1.82, 2.24) is 0 Å². The molecule has 0 atom stereocenters. The lowest BCUT2D eigenvalue weighted by Gasteiger charge is -2.08. The molecule has 0 aliphatic carbocycles. The Kier molecular flexibility index (Phi) is 4.64. The fourth-order valence-corrected chi connectivity index (χ4v) is 3.71. The average Bonchev–Trinajstić information content (AvgIpc) is 2.45. The van der Waals surface area contributed by atoms with Crippen LogP contribution in [0.2, 0.25) is 0 Å². The summed E-state index contributed by atoms with van der Waals surface area (Å²) in [4.78, 5) is 11.7. The summed E-state index contributed by atoms with van der Waals surface area (Å²) in [5.74, 6) is -0.648. The molecule has 0 aliphatic heterocycles. The van der Waals surface area contributed by atoms with E-state index in [1.165, 1.54) is 38.1 Å². The van der Waals surface area contributed by atoms with Crippen molar-refractivity contribution < 1.29 is 30.7 Å². The number of benzene rings is 2. The van der Waals surface area contributed by atoms with Gasteiger partial charge < -0.3 is 0 Å². The maximum Gasteiger partial charge on any atom is 0.294 e. The molecular weight excluding hydrogens is 356 g/mol. The van der Waals surface area contributed by atoms with Crippen LogP contribution in [-0.4, -0.2) is 31.7 Å². The highest BCUT2D eigenvalue weighted by atomic mass is 32.2. The third-order valence-electron chi connectivity index (χ3n) is 3.46. The van der Waals surface area contributed by atoms with Gasteiger partial charge in [-0.1, -0.05) is 24.3 Å². The average molecular weight is 370 g/mol. The molecule has 0 fully saturated rings. The van der Waals surface area contributed by atoms with Gasteiger partial charge >= 0.3 is 0 Å². The zero-order valence-electron chi connectivity index (χ0n) is 12.7. The second-order valence-electron chi connectivity index (χ2n) is 5.24. The number of ketones is 1. The van der Waals surface area contributed by atoms with Crippen LogP contribution in [0.5, 0.6) is 0 Å². The first-order valence-corrected chi connectivity index (χ1v) is 9.50. The van der Waals surface area contributed by atoms with E-state index in [9.17, 15) is 30.7 Å². The fourth-order valence-electron chi connectivity index (χ4n) is 2.21. The maximum absolute atomic E-state index is 12.5. The summed E-state index contributed by atoms with van der Waals surface area (Å²) in [6.45, 7) is 2.92. The molecule has 0 radical (unpaired) electrons. The summed E-state index contributed by atoms with van der Waals surface area (Å²) in [6.07, 6.45) is 0. The standard InChI is InChI=1S/C15H14O7S2/c1-9-3-5-11(7-13(9)23(17,18)19)15(16)12-6-4-10(2)14(8-12)24(20,21)22/h3-8H,1-2H3,(H,17,18,19)(H,20,21,22). The number of carbonyl (C=O) groups is 1. The van der Waals surface area contributed by atoms with Crippen LogP contribution in [0.4, 0.5) is 0 Å². The molecule has 2 rings (SSSR count). The zero-order valence-corrected chi connectivity index (χ0v) is 14.3. The molecule has 0 aliphatic rings. The molecule has 24 heavy (non-hydrogen) atoms. The number of aryl methyl sites for hydroxylation is 2. The highest BCUT2D eigenvalue weighted by Gasteiger charge is 2.20. The van der Waals surface area contributed by atoms with Crippen LogP contribution < -0.4 is 0 Å². The highest BCUT2D eigenvalue weighted by Crippen LogP contribution is 2.22. The van der Waals surface area contributed by atoms with Crippen molar-refractivity contribution in [2.75, 3.05) is 0 Å². The molecule has 2 N–H and O–H groups in total. The van der Waals surface area contributed by atoms with Crippen molar-refractivity contribution in [3.8, 4) is 0 Å². The van der Waals surface area contributed by atoms with Crippen molar-refractivity contribution in [2.24, 2.45) is 0 Å². The number of rotatable bonds is 4. The molecule has 0 bridgehead atoms.